The van der Waals surface area contributed by atoms with Crippen LogP contribution in [0.4, 0.5) is 10.8 Å². The van der Waals surface area contributed by atoms with Crippen molar-refractivity contribution in [3.63, 3.8) is 0 Å². The molecular formula is C22H23N5O5S3. The van der Waals surface area contributed by atoms with Crippen molar-refractivity contribution in [2.75, 3.05) is 24.3 Å². The van der Waals surface area contributed by atoms with E-state index >= 15 is 0 Å². The van der Waals surface area contributed by atoms with Crippen LogP contribution in [0.2, 0.25) is 0 Å². The van der Waals surface area contributed by atoms with E-state index in [9.17, 15) is 13.2 Å². The van der Waals surface area contributed by atoms with Crippen LogP contribution in [0.5, 0.6) is 11.5 Å². The number of amides is 1. The van der Waals surface area contributed by atoms with Crippen molar-refractivity contribution >= 4 is 61.5 Å². The number of nitrogens with zero attached hydrogens (tertiary/aromatic N) is 2. The maximum absolute atomic E-state index is 12.5. The molecule has 3 aromatic rings. The Balaban J connectivity index is 1.56. The third-order valence-corrected chi connectivity index (χ3v) is 7.16. The van der Waals surface area contributed by atoms with Gasteiger partial charge >= 0.3 is 0 Å². The van der Waals surface area contributed by atoms with Crippen LogP contribution >= 0.6 is 23.6 Å². The second kappa shape index (κ2) is 11.7. The normalized spacial score (nSPS) is 11.2. The van der Waals surface area contributed by atoms with E-state index in [1.165, 1.54) is 48.8 Å². The van der Waals surface area contributed by atoms with Gasteiger partial charge in [-0.25, -0.2) is 8.42 Å². The number of hydrogen-bond acceptors (Lipinski definition) is 9. The fourth-order valence-electron chi connectivity index (χ4n) is 2.77. The van der Waals surface area contributed by atoms with Crippen LogP contribution in [0.3, 0.4) is 0 Å². The van der Waals surface area contributed by atoms with Crippen LogP contribution in [-0.4, -0.2) is 43.9 Å². The van der Waals surface area contributed by atoms with Gasteiger partial charge < -0.3 is 14.8 Å². The van der Waals surface area contributed by atoms with Gasteiger partial charge in [-0.1, -0.05) is 24.3 Å². The number of rotatable bonds is 9. The number of anilines is 2. The summed E-state index contributed by atoms with van der Waals surface area (Å²) in [6.07, 6.45) is 3.60. The van der Waals surface area contributed by atoms with Crippen LogP contribution in [0.15, 0.2) is 53.4 Å². The summed E-state index contributed by atoms with van der Waals surface area (Å²) in [5.41, 5.74) is 1.24. The number of thiocarbonyl (C=S) groups is 1. The molecule has 0 unspecified atom stereocenters. The Morgan fingerprint density at radius 2 is 1.80 bits per heavy atom. The van der Waals surface area contributed by atoms with Gasteiger partial charge in [-0.05, 0) is 66.7 Å². The zero-order valence-electron chi connectivity index (χ0n) is 19.1. The van der Waals surface area contributed by atoms with Gasteiger partial charge in [0, 0.05) is 11.8 Å². The molecular weight excluding hydrogens is 510 g/mol. The zero-order chi connectivity index (χ0) is 25.4. The molecule has 0 fully saturated rings. The summed E-state index contributed by atoms with van der Waals surface area (Å²) in [6, 6.07) is 11.1. The molecule has 0 bridgehead atoms. The predicted octanol–water partition coefficient (Wildman–Crippen LogP) is 3.44. The van der Waals surface area contributed by atoms with E-state index in [0.717, 1.165) is 10.6 Å². The lowest BCUT2D eigenvalue weighted by Crippen LogP contribution is -2.32. The lowest BCUT2D eigenvalue weighted by molar-refractivity contribution is -0.115. The van der Waals surface area contributed by atoms with Gasteiger partial charge in [0.1, 0.15) is 5.01 Å². The first-order valence-electron chi connectivity index (χ1n) is 10.2. The maximum Gasteiger partial charge on any atom is 0.263 e. The molecule has 0 aliphatic rings. The summed E-state index contributed by atoms with van der Waals surface area (Å²) >= 11 is 6.34. The minimum atomic E-state index is -3.81. The third-order valence-electron chi connectivity index (χ3n) is 4.48. The quantitative estimate of drug-likeness (QED) is 0.279. The van der Waals surface area contributed by atoms with Gasteiger partial charge in [0.2, 0.25) is 11.0 Å². The van der Waals surface area contributed by atoms with E-state index in [1.807, 2.05) is 6.92 Å². The molecule has 3 rings (SSSR count). The first-order valence-corrected chi connectivity index (χ1v) is 12.9. The van der Waals surface area contributed by atoms with Crippen molar-refractivity contribution in [1.82, 2.24) is 15.5 Å². The van der Waals surface area contributed by atoms with E-state index in [1.54, 1.807) is 31.4 Å². The number of carbonyl (C=O) groups excluding carboxylic acids is 1. The Hall–Kier alpha value is -3.55. The first kappa shape index (κ1) is 26.1. The second-order valence-electron chi connectivity index (χ2n) is 6.88. The van der Waals surface area contributed by atoms with Crippen molar-refractivity contribution in [1.29, 1.82) is 0 Å². The molecule has 0 saturated heterocycles. The van der Waals surface area contributed by atoms with E-state index < -0.39 is 15.9 Å². The lowest BCUT2D eigenvalue weighted by Gasteiger charge is -2.10. The Kier molecular flexibility index (Phi) is 8.73. The Morgan fingerprint density at radius 3 is 2.43 bits per heavy atom. The second-order valence-corrected chi connectivity index (χ2v) is 10.0. The molecule has 0 aliphatic carbocycles. The lowest BCUT2D eigenvalue weighted by atomic mass is 10.2. The molecule has 0 saturated carbocycles. The molecule has 3 N–H and O–H groups in total. The van der Waals surface area contributed by atoms with Crippen molar-refractivity contribution in [2.24, 2.45) is 0 Å². The maximum atomic E-state index is 12.5. The smallest absolute Gasteiger partial charge is 0.263 e. The number of carbonyl (C=O) groups is 1. The third kappa shape index (κ3) is 7.21. The molecule has 1 aromatic heterocycles. The number of nitrogens with one attached hydrogen (secondary N) is 3. The molecule has 35 heavy (non-hydrogen) atoms. The summed E-state index contributed by atoms with van der Waals surface area (Å²) in [5, 5.41) is 14.1. The van der Waals surface area contributed by atoms with Crippen molar-refractivity contribution in [2.45, 2.75) is 18.2 Å². The first-order chi connectivity index (χ1) is 16.7. The number of hydrogen-bond donors (Lipinski definition) is 3. The number of benzene rings is 2. The van der Waals surface area contributed by atoms with E-state index in [0.29, 0.717) is 23.6 Å². The molecule has 1 amide bonds. The molecule has 1 heterocycles. The SMILES string of the molecule is CCc1nnc(NS(=O)(=O)c2ccc(NC(=S)NC(=O)C=Cc3ccc(OC)c(OC)c3)cc2)s1. The van der Waals surface area contributed by atoms with E-state index in [2.05, 4.69) is 25.6 Å². The number of methoxy groups -OCH3 is 2. The van der Waals surface area contributed by atoms with Crippen molar-refractivity contribution in [3.8, 4) is 11.5 Å². The largest absolute Gasteiger partial charge is 0.493 e. The van der Waals surface area contributed by atoms with Crippen molar-refractivity contribution in [3.05, 3.63) is 59.1 Å². The van der Waals surface area contributed by atoms with Gasteiger partial charge in [0.15, 0.2) is 16.6 Å². The molecule has 13 heteroatoms. The molecule has 10 nitrogen and oxygen atoms in total. The van der Waals surface area contributed by atoms with Crippen LogP contribution in [0.1, 0.15) is 17.5 Å². The zero-order valence-corrected chi connectivity index (χ0v) is 21.5. The average Bonchev–Trinajstić information content (AvgIpc) is 3.29. The summed E-state index contributed by atoms with van der Waals surface area (Å²) in [5.74, 6) is 0.686. The highest BCUT2D eigenvalue weighted by Gasteiger charge is 2.17. The monoisotopic (exact) mass is 533 g/mol. The summed E-state index contributed by atoms with van der Waals surface area (Å²) < 4.78 is 37.9. The van der Waals surface area contributed by atoms with Gasteiger partial charge in [-0.15, -0.1) is 10.2 Å². The average molecular weight is 534 g/mol. The summed E-state index contributed by atoms with van der Waals surface area (Å²) in [6.45, 7) is 1.91. The van der Waals surface area contributed by atoms with Gasteiger partial charge in [-0.2, -0.15) is 0 Å². The highest BCUT2D eigenvalue weighted by atomic mass is 32.2. The molecule has 2 aromatic carbocycles. The highest BCUT2D eigenvalue weighted by molar-refractivity contribution is 7.93. The Morgan fingerprint density at radius 1 is 1.09 bits per heavy atom. The minimum Gasteiger partial charge on any atom is -0.493 e. The Bertz CT molecular complexity index is 1340. The standard InChI is InChI=1S/C22H23N5O5S3/c1-4-20-25-26-22(34-20)27-35(29,30)16-9-7-15(8-10-16)23-21(33)24-19(28)12-6-14-5-11-17(31-2)18(13-14)32-3/h5-13H,4H2,1-3H3,(H,26,27)(H2,23,24,28,33). The molecule has 0 atom stereocenters. The van der Waals surface area contributed by atoms with E-state index in [-0.39, 0.29) is 15.1 Å². The Labute approximate surface area is 212 Å². The van der Waals surface area contributed by atoms with Crippen LogP contribution in [0, 0.1) is 0 Å². The predicted molar refractivity (Wildman–Crippen MR) is 139 cm³/mol. The van der Waals surface area contributed by atoms with Gasteiger partial charge in [0.25, 0.3) is 10.0 Å². The summed E-state index contributed by atoms with van der Waals surface area (Å²) in [7, 11) is -0.743. The fourth-order valence-corrected chi connectivity index (χ4v) is 4.90. The van der Waals surface area contributed by atoms with Gasteiger partial charge in [-0.3, -0.25) is 14.8 Å². The molecule has 0 spiro atoms. The fraction of sp³-hybridized carbons (Fsp3) is 0.182. The number of aromatic nitrogens is 2. The van der Waals surface area contributed by atoms with E-state index in [4.69, 9.17) is 21.7 Å². The van der Waals surface area contributed by atoms with Crippen LogP contribution in [-0.2, 0) is 21.2 Å². The molecule has 184 valence electrons. The van der Waals surface area contributed by atoms with Crippen LogP contribution < -0.4 is 24.8 Å². The topological polar surface area (TPSA) is 132 Å². The summed E-state index contributed by atoms with van der Waals surface area (Å²) in [4.78, 5) is 12.2. The molecule has 0 aliphatic heterocycles. The van der Waals surface area contributed by atoms with Crippen LogP contribution in [0.25, 0.3) is 6.08 Å². The minimum absolute atomic E-state index is 0.0455. The molecule has 0 radical (unpaired) electrons. The van der Waals surface area contributed by atoms with Crippen molar-refractivity contribution < 1.29 is 22.7 Å². The number of aryl methyl sites for hydroxylation is 1. The highest BCUT2D eigenvalue weighted by Crippen LogP contribution is 2.28. The number of ether oxygens (including phenoxy) is 2. The number of sulfonamides is 1. The van der Waals surface area contributed by atoms with Gasteiger partial charge in [0.05, 0.1) is 19.1 Å².